The Morgan fingerprint density at radius 3 is 3.06 bits per heavy atom. The van der Waals surface area contributed by atoms with E-state index in [0.29, 0.717) is 10.8 Å². The zero-order chi connectivity index (χ0) is 12.3. The number of hydrogen-bond acceptors (Lipinski definition) is 4. The number of para-hydroxylation sites is 2. The minimum absolute atomic E-state index is 0.292. The van der Waals surface area contributed by atoms with Crippen LogP contribution in [0.3, 0.4) is 0 Å². The van der Waals surface area contributed by atoms with E-state index in [9.17, 15) is 4.79 Å². The van der Waals surface area contributed by atoms with Crippen molar-refractivity contribution in [3.05, 3.63) is 29.8 Å². The Hall–Kier alpha value is -1.91. The summed E-state index contributed by atoms with van der Waals surface area (Å²) < 4.78 is 5.46. The van der Waals surface area contributed by atoms with Crippen molar-refractivity contribution in [2.45, 2.75) is 17.4 Å². The van der Waals surface area contributed by atoms with Crippen molar-refractivity contribution in [3.63, 3.8) is 0 Å². The average molecular weight is 247 g/mol. The maximum Gasteiger partial charge on any atom is 0.324 e. The molecule has 1 atom stereocenters. The zero-order valence-corrected chi connectivity index (χ0v) is 9.85. The predicted molar refractivity (Wildman–Crippen MR) is 64.0 cm³/mol. The number of ketones is 1. The van der Waals surface area contributed by atoms with Crippen LogP contribution in [-0.2, 0) is 4.79 Å². The van der Waals surface area contributed by atoms with Gasteiger partial charge in [0.2, 0.25) is 5.78 Å². The molecule has 6 heteroatoms. The number of nitrogens with zero attached hydrogens (tertiary/aromatic N) is 3. The molecule has 0 spiro atoms. The molecule has 0 aliphatic heterocycles. The van der Waals surface area contributed by atoms with E-state index in [0.717, 1.165) is 11.7 Å². The SMILES string of the molecule is C[C@H](Sc1nc2ccccc2o1)C(=O)C=[N+]=[N-]. The van der Waals surface area contributed by atoms with Crippen LogP contribution >= 0.6 is 11.8 Å². The van der Waals surface area contributed by atoms with Crippen molar-refractivity contribution in [1.29, 1.82) is 0 Å². The van der Waals surface area contributed by atoms with Crippen LogP contribution in [0.2, 0.25) is 0 Å². The first-order valence-corrected chi connectivity index (χ1v) is 5.82. The first kappa shape index (κ1) is 11.6. The summed E-state index contributed by atoms with van der Waals surface area (Å²) >= 11 is 1.19. The van der Waals surface area contributed by atoms with Gasteiger partial charge < -0.3 is 9.95 Å². The Labute approximate surface area is 101 Å². The number of carbonyl (C=O) groups is 1. The summed E-state index contributed by atoms with van der Waals surface area (Å²) in [7, 11) is 0. The Bertz CT molecular complexity index is 569. The molecule has 0 saturated carbocycles. The van der Waals surface area contributed by atoms with Gasteiger partial charge >= 0.3 is 6.21 Å². The highest BCUT2D eigenvalue weighted by Gasteiger charge is 2.18. The number of rotatable bonds is 4. The van der Waals surface area contributed by atoms with Gasteiger partial charge in [0.1, 0.15) is 5.52 Å². The van der Waals surface area contributed by atoms with Gasteiger partial charge in [0.05, 0.1) is 5.25 Å². The Balaban J connectivity index is 2.18. The minimum Gasteiger partial charge on any atom is -0.431 e. The van der Waals surface area contributed by atoms with Gasteiger partial charge in [0, 0.05) is 0 Å². The van der Waals surface area contributed by atoms with Crippen molar-refractivity contribution in [2.75, 3.05) is 0 Å². The first-order chi connectivity index (χ1) is 8.20. The van der Waals surface area contributed by atoms with Gasteiger partial charge in [-0.25, -0.2) is 4.98 Å². The number of thioether (sulfide) groups is 1. The first-order valence-electron chi connectivity index (χ1n) is 4.94. The second kappa shape index (κ2) is 4.95. The molecule has 5 nitrogen and oxygen atoms in total. The normalized spacial score (nSPS) is 12.1. The molecule has 17 heavy (non-hydrogen) atoms. The number of oxazole rings is 1. The second-order valence-corrected chi connectivity index (χ2v) is 4.65. The minimum atomic E-state index is -0.404. The third kappa shape index (κ3) is 2.61. The summed E-state index contributed by atoms with van der Waals surface area (Å²) in [4.78, 5) is 18.3. The smallest absolute Gasteiger partial charge is 0.324 e. The highest BCUT2D eigenvalue weighted by molar-refractivity contribution is 8.00. The molecule has 1 heterocycles. The van der Waals surface area contributed by atoms with E-state index in [-0.39, 0.29) is 5.78 Å². The maximum atomic E-state index is 11.4. The summed E-state index contributed by atoms with van der Waals surface area (Å²) in [6, 6.07) is 7.37. The number of carbonyl (C=O) groups excluding carboxylic acids is 1. The summed E-state index contributed by atoms with van der Waals surface area (Å²) in [5.41, 5.74) is 9.71. The number of benzene rings is 1. The molecule has 0 aliphatic rings. The van der Waals surface area contributed by atoms with Gasteiger partial charge in [-0.2, -0.15) is 4.79 Å². The van der Waals surface area contributed by atoms with Crippen LogP contribution < -0.4 is 0 Å². The van der Waals surface area contributed by atoms with Gasteiger partial charge in [0.15, 0.2) is 5.58 Å². The van der Waals surface area contributed by atoms with Crippen LogP contribution in [0.15, 0.2) is 33.9 Å². The van der Waals surface area contributed by atoms with E-state index in [2.05, 4.69) is 9.77 Å². The Kier molecular flexibility index (Phi) is 3.37. The highest BCUT2D eigenvalue weighted by Crippen LogP contribution is 2.26. The van der Waals surface area contributed by atoms with Gasteiger partial charge in [-0.1, -0.05) is 23.9 Å². The van der Waals surface area contributed by atoms with Gasteiger partial charge in [0.25, 0.3) is 5.22 Å². The summed E-state index contributed by atoms with van der Waals surface area (Å²) in [6.07, 6.45) is 0.875. The zero-order valence-electron chi connectivity index (χ0n) is 9.03. The lowest BCUT2D eigenvalue weighted by Crippen LogP contribution is -2.14. The largest absolute Gasteiger partial charge is 0.431 e. The van der Waals surface area contributed by atoms with Crippen molar-refractivity contribution in [2.24, 2.45) is 0 Å². The van der Waals surface area contributed by atoms with Crippen LogP contribution in [0.25, 0.3) is 16.6 Å². The van der Waals surface area contributed by atoms with Crippen molar-refractivity contribution in [3.8, 4) is 0 Å². The Morgan fingerprint density at radius 1 is 1.59 bits per heavy atom. The lowest BCUT2D eigenvalue weighted by atomic mass is 10.3. The molecule has 2 aromatic rings. The molecule has 0 radical (unpaired) electrons. The lowest BCUT2D eigenvalue weighted by Gasteiger charge is -1.99. The molecule has 1 aromatic heterocycles. The van der Waals surface area contributed by atoms with Crippen LogP contribution in [0.1, 0.15) is 6.92 Å². The van der Waals surface area contributed by atoms with Crippen LogP contribution in [0.5, 0.6) is 0 Å². The van der Waals surface area contributed by atoms with E-state index in [4.69, 9.17) is 9.95 Å². The fourth-order valence-corrected chi connectivity index (χ4v) is 2.04. The third-order valence-corrected chi connectivity index (χ3v) is 3.10. The number of aromatic nitrogens is 1. The fraction of sp³-hybridized carbons (Fsp3) is 0.182. The molecule has 0 N–H and O–H groups in total. The summed E-state index contributed by atoms with van der Waals surface area (Å²) in [5.74, 6) is -0.292. The van der Waals surface area contributed by atoms with Gasteiger partial charge in [-0.05, 0) is 19.1 Å². The van der Waals surface area contributed by atoms with Crippen LogP contribution in [-0.4, -0.2) is 27.0 Å². The van der Waals surface area contributed by atoms with Gasteiger partial charge in [-0.15, -0.1) is 0 Å². The third-order valence-electron chi connectivity index (χ3n) is 2.14. The molecule has 2 rings (SSSR count). The fourth-order valence-electron chi connectivity index (χ4n) is 1.27. The van der Waals surface area contributed by atoms with E-state index >= 15 is 0 Å². The van der Waals surface area contributed by atoms with Crippen molar-refractivity contribution < 1.29 is 14.0 Å². The second-order valence-electron chi connectivity index (χ2n) is 3.35. The summed E-state index contributed by atoms with van der Waals surface area (Å²) in [5, 5.41) is 0.0253. The van der Waals surface area contributed by atoms with E-state index in [1.54, 1.807) is 6.92 Å². The molecule has 86 valence electrons. The predicted octanol–water partition coefficient (Wildman–Crippen LogP) is 2.18. The summed E-state index contributed by atoms with van der Waals surface area (Å²) in [6.45, 7) is 1.70. The molecule has 0 amide bonds. The number of hydrogen-bond donors (Lipinski definition) is 0. The van der Waals surface area contributed by atoms with Crippen molar-refractivity contribution >= 4 is 34.9 Å². The lowest BCUT2D eigenvalue weighted by molar-refractivity contribution is -0.115. The van der Waals surface area contributed by atoms with Gasteiger partial charge in [-0.3, -0.25) is 4.79 Å². The van der Waals surface area contributed by atoms with E-state index in [1.165, 1.54) is 11.8 Å². The molecular formula is C11H9N3O2S. The molecule has 0 bridgehead atoms. The number of Topliss-reactive ketones (excluding diaryl/α,β-unsaturated/α-hetero) is 1. The number of fused-ring (bicyclic) bond motifs is 1. The highest BCUT2D eigenvalue weighted by atomic mass is 32.2. The Morgan fingerprint density at radius 2 is 2.35 bits per heavy atom. The standard InChI is InChI=1S/C11H9N3O2S/c1-7(9(15)6-13-12)17-11-14-8-4-2-3-5-10(8)16-11/h2-7H,1H3/t7-/m0/s1. The quantitative estimate of drug-likeness (QED) is 0.359. The maximum absolute atomic E-state index is 11.4. The van der Waals surface area contributed by atoms with Crippen molar-refractivity contribution in [1.82, 2.24) is 4.98 Å². The molecule has 0 aliphatic carbocycles. The monoisotopic (exact) mass is 247 g/mol. The van der Waals surface area contributed by atoms with Crippen LogP contribution in [0.4, 0.5) is 0 Å². The molecule has 1 aromatic carbocycles. The molecule has 0 saturated heterocycles. The van der Waals surface area contributed by atoms with E-state index in [1.807, 2.05) is 24.3 Å². The topological polar surface area (TPSA) is 79.5 Å². The van der Waals surface area contributed by atoms with Crippen LogP contribution in [0, 0.1) is 0 Å². The molecular weight excluding hydrogens is 238 g/mol. The molecule has 0 unspecified atom stereocenters. The molecule has 0 fully saturated rings. The van der Waals surface area contributed by atoms with E-state index < -0.39 is 5.25 Å². The average Bonchev–Trinajstić information content (AvgIpc) is 2.71.